The summed E-state index contributed by atoms with van der Waals surface area (Å²) < 4.78 is 0. The van der Waals surface area contributed by atoms with E-state index in [9.17, 15) is 14.7 Å². The van der Waals surface area contributed by atoms with Crippen molar-refractivity contribution in [3.8, 4) is 5.75 Å². The van der Waals surface area contributed by atoms with Gasteiger partial charge in [0.1, 0.15) is 5.75 Å². The van der Waals surface area contributed by atoms with Crippen LogP contribution in [0.3, 0.4) is 0 Å². The molecule has 0 aliphatic carbocycles. The zero-order valence-corrected chi connectivity index (χ0v) is 18.6. The van der Waals surface area contributed by atoms with E-state index in [2.05, 4.69) is 10.5 Å². The lowest BCUT2D eigenvalue weighted by Crippen LogP contribution is -2.42. The number of benzene rings is 3. The third-order valence-electron chi connectivity index (χ3n) is 5.63. The van der Waals surface area contributed by atoms with E-state index >= 15 is 0 Å². The number of hydrogen-bond acceptors (Lipinski definition) is 4. The largest absolute Gasteiger partial charge is 0.507 e. The Morgan fingerprint density at radius 3 is 2.56 bits per heavy atom. The molecule has 1 heterocycles. The van der Waals surface area contributed by atoms with E-state index in [0.717, 1.165) is 10.8 Å². The molecule has 8 heteroatoms. The van der Waals surface area contributed by atoms with Gasteiger partial charge in [0.25, 0.3) is 5.91 Å². The molecule has 4 rings (SSSR count). The molecule has 164 valence electrons. The third-order valence-corrected chi connectivity index (χ3v) is 6.18. The van der Waals surface area contributed by atoms with E-state index < -0.39 is 0 Å². The SMILES string of the molecule is O=C(N/N=C\c1c(O)ccc2ccccc12)C1CCN(C(=O)c2ccc(Cl)cc2Cl)CC1. The van der Waals surface area contributed by atoms with Crippen molar-refractivity contribution in [3.63, 3.8) is 0 Å². The Kier molecular flexibility index (Phi) is 6.63. The van der Waals surface area contributed by atoms with Crippen LogP contribution >= 0.6 is 23.2 Å². The summed E-state index contributed by atoms with van der Waals surface area (Å²) in [5.74, 6) is -0.542. The van der Waals surface area contributed by atoms with Crippen molar-refractivity contribution in [1.29, 1.82) is 0 Å². The van der Waals surface area contributed by atoms with Crippen LogP contribution in [0.1, 0.15) is 28.8 Å². The standard InChI is InChI=1S/C24H21Cl2N3O3/c25-17-6-7-19(21(26)13-17)24(32)29-11-9-16(10-12-29)23(31)28-27-14-20-18-4-2-1-3-15(18)5-8-22(20)30/h1-8,13-14,16,30H,9-12H2,(H,28,31)/b27-14-. The van der Waals surface area contributed by atoms with E-state index in [1.54, 1.807) is 29.2 Å². The maximum Gasteiger partial charge on any atom is 0.255 e. The zero-order chi connectivity index (χ0) is 22.7. The number of phenols is 1. The van der Waals surface area contributed by atoms with Gasteiger partial charge in [0, 0.05) is 29.6 Å². The van der Waals surface area contributed by atoms with Gasteiger partial charge in [0.2, 0.25) is 5.91 Å². The Labute approximate surface area is 195 Å². The molecule has 3 aromatic carbocycles. The minimum absolute atomic E-state index is 0.0920. The summed E-state index contributed by atoms with van der Waals surface area (Å²) in [6, 6.07) is 15.8. The fraction of sp³-hybridized carbons (Fsp3) is 0.208. The van der Waals surface area contributed by atoms with Crippen molar-refractivity contribution in [2.45, 2.75) is 12.8 Å². The van der Waals surface area contributed by atoms with Gasteiger partial charge < -0.3 is 10.0 Å². The Hall–Kier alpha value is -3.09. The quantitative estimate of drug-likeness (QED) is 0.422. The first-order valence-corrected chi connectivity index (χ1v) is 11.0. The molecule has 2 amide bonds. The summed E-state index contributed by atoms with van der Waals surface area (Å²) in [7, 11) is 0. The number of nitrogens with zero attached hydrogens (tertiary/aromatic N) is 2. The van der Waals surface area contributed by atoms with Gasteiger partial charge in [-0.1, -0.05) is 53.5 Å². The summed E-state index contributed by atoms with van der Waals surface area (Å²) in [4.78, 5) is 27.0. The average Bonchev–Trinajstić information content (AvgIpc) is 2.80. The van der Waals surface area contributed by atoms with Crippen LogP contribution in [0.2, 0.25) is 10.0 Å². The minimum Gasteiger partial charge on any atom is -0.507 e. The molecule has 2 N–H and O–H groups in total. The molecule has 0 unspecified atom stereocenters. The Morgan fingerprint density at radius 2 is 1.81 bits per heavy atom. The number of carbonyl (C=O) groups excluding carboxylic acids is 2. The predicted molar refractivity (Wildman–Crippen MR) is 126 cm³/mol. The molecule has 1 saturated heterocycles. The molecular weight excluding hydrogens is 449 g/mol. The number of aromatic hydroxyl groups is 1. The van der Waals surface area contributed by atoms with Crippen LogP contribution < -0.4 is 5.43 Å². The van der Waals surface area contributed by atoms with Gasteiger partial charge in [-0.2, -0.15) is 5.10 Å². The molecule has 6 nitrogen and oxygen atoms in total. The molecule has 0 saturated carbocycles. The number of rotatable bonds is 4. The van der Waals surface area contributed by atoms with Gasteiger partial charge in [0.05, 0.1) is 16.8 Å². The topological polar surface area (TPSA) is 82.0 Å². The van der Waals surface area contributed by atoms with Gasteiger partial charge in [0.15, 0.2) is 0 Å². The average molecular weight is 470 g/mol. The van der Waals surface area contributed by atoms with Crippen LogP contribution in [-0.2, 0) is 4.79 Å². The van der Waals surface area contributed by atoms with Crippen LogP contribution in [0.4, 0.5) is 0 Å². The first-order valence-electron chi connectivity index (χ1n) is 10.2. The van der Waals surface area contributed by atoms with Crippen molar-refractivity contribution in [3.05, 3.63) is 75.8 Å². The molecule has 0 bridgehead atoms. The maximum absolute atomic E-state index is 12.7. The highest BCUT2D eigenvalue weighted by Crippen LogP contribution is 2.26. The second kappa shape index (κ2) is 9.59. The van der Waals surface area contributed by atoms with Crippen molar-refractivity contribution in [2.75, 3.05) is 13.1 Å². The lowest BCUT2D eigenvalue weighted by Gasteiger charge is -2.31. The van der Waals surface area contributed by atoms with Crippen molar-refractivity contribution >= 4 is 52.0 Å². The van der Waals surface area contributed by atoms with Crippen LogP contribution in [0.15, 0.2) is 59.7 Å². The molecule has 0 aromatic heterocycles. The van der Waals surface area contributed by atoms with Crippen LogP contribution in [0, 0.1) is 5.92 Å². The Balaban J connectivity index is 1.35. The fourth-order valence-corrected chi connectivity index (χ4v) is 4.34. The highest BCUT2D eigenvalue weighted by atomic mass is 35.5. The number of halogens is 2. The summed E-state index contributed by atoms with van der Waals surface area (Å²) in [6.07, 6.45) is 2.51. The maximum atomic E-state index is 12.7. The number of phenolic OH excluding ortho intramolecular Hbond substituents is 1. The van der Waals surface area contributed by atoms with Crippen LogP contribution in [0.5, 0.6) is 5.75 Å². The normalized spacial score (nSPS) is 14.8. The van der Waals surface area contributed by atoms with Crippen molar-refractivity contribution in [1.82, 2.24) is 10.3 Å². The monoisotopic (exact) mass is 469 g/mol. The molecule has 0 atom stereocenters. The second-order valence-electron chi connectivity index (χ2n) is 7.64. The van der Waals surface area contributed by atoms with E-state index in [-0.39, 0.29) is 23.5 Å². The fourth-order valence-electron chi connectivity index (χ4n) is 3.85. The number of likely N-dealkylation sites (tertiary alicyclic amines) is 1. The molecule has 1 aliphatic heterocycles. The smallest absolute Gasteiger partial charge is 0.255 e. The number of fused-ring (bicyclic) bond motifs is 1. The van der Waals surface area contributed by atoms with E-state index in [4.69, 9.17) is 23.2 Å². The molecule has 3 aromatic rings. The zero-order valence-electron chi connectivity index (χ0n) is 17.1. The molecular formula is C24H21Cl2N3O3. The summed E-state index contributed by atoms with van der Waals surface area (Å²) in [6.45, 7) is 0.896. The number of hydrazone groups is 1. The predicted octanol–water partition coefficient (Wildman–Crippen LogP) is 4.85. The summed E-state index contributed by atoms with van der Waals surface area (Å²) >= 11 is 12.0. The lowest BCUT2D eigenvalue weighted by molar-refractivity contribution is -0.126. The lowest BCUT2D eigenvalue weighted by atomic mass is 9.95. The van der Waals surface area contributed by atoms with Crippen LogP contribution in [-0.4, -0.2) is 41.1 Å². The number of piperidine rings is 1. The molecule has 32 heavy (non-hydrogen) atoms. The van der Waals surface area contributed by atoms with Crippen molar-refractivity contribution in [2.24, 2.45) is 11.0 Å². The van der Waals surface area contributed by atoms with Gasteiger partial charge in [-0.15, -0.1) is 0 Å². The first kappa shape index (κ1) is 22.1. The molecule has 0 spiro atoms. The van der Waals surface area contributed by atoms with Gasteiger partial charge >= 0.3 is 0 Å². The van der Waals surface area contributed by atoms with E-state index in [1.807, 2.05) is 30.3 Å². The van der Waals surface area contributed by atoms with Gasteiger partial charge in [-0.3, -0.25) is 9.59 Å². The van der Waals surface area contributed by atoms with Gasteiger partial charge in [-0.05, 0) is 47.9 Å². The number of carbonyl (C=O) groups is 2. The molecule has 0 radical (unpaired) electrons. The first-order chi connectivity index (χ1) is 15.4. The Morgan fingerprint density at radius 1 is 1.06 bits per heavy atom. The van der Waals surface area contributed by atoms with Gasteiger partial charge in [-0.25, -0.2) is 5.43 Å². The second-order valence-corrected chi connectivity index (χ2v) is 8.49. The molecule has 1 fully saturated rings. The van der Waals surface area contributed by atoms with E-state index in [0.29, 0.717) is 47.1 Å². The number of nitrogens with one attached hydrogen (secondary N) is 1. The minimum atomic E-state index is -0.252. The number of amides is 2. The van der Waals surface area contributed by atoms with Crippen molar-refractivity contribution < 1.29 is 14.7 Å². The molecule has 1 aliphatic rings. The Bertz CT molecular complexity index is 1200. The highest BCUT2D eigenvalue weighted by molar-refractivity contribution is 6.36. The van der Waals surface area contributed by atoms with Crippen LogP contribution in [0.25, 0.3) is 10.8 Å². The third kappa shape index (κ3) is 4.71. The number of hydrogen-bond donors (Lipinski definition) is 2. The highest BCUT2D eigenvalue weighted by Gasteiger charge is 2.28. The summed E-state index contributed by atoms with van der Waals surface area (Å²) in [5.41, 5.74) is 3.51. The van der Waals surface area contributed by atoms with E-state index in [1.165, 1.54) is 6.21 Å². The summed E-state index contributed by atoms with van der Waals surface area (Å²) in [5, 5.41) is 16.8.